The smallest absolute Gasteiger partial charge is 0.245 e. The average molecular weight is 357 g/mol. The first-order valence-corrected chi connectivity index (χ1v) is 9.77. The Morgan fingerprint density at radius 2 is 2.08 bits per heavy atom. The summed E-state index contributed by atoms with van der Waals surface area (Å²) < 4.78 is 0. The summed E-state index contributed by atoms with van der Waals surface area (Å²) in [6, 6.07) is -0.339. The van der Waals surface area contributed by atoms with Crippen LogP contribution >= 0.6 is 0 Å². The molecule has 1 aromatic rings. The number of carbonyl (C=O) groups excluding carboxylic acids is 2. The number of amides is 2. The Morgan fingerprint density at radius 3 is 2.81 bits per heavy atom. The van der Waals surface area contributed by atoms with E-state index in [1.807, 2.05) is 18.0 Å². The standard InChI is InChI=1S/C19H27N5O2/c1-13(24-8-2-3-17(24)25)19(26)23-9-5-14(6-10-23)18-21-12-15-11-20-7-4-16(15)22-18/h12-14,20H,2-11H2,1H3/t13-/m0/s1. The molecule has 2 saturated heterocycles. The van der Waals surface area contributed by atoms with Gasteiger partial charge in [0.15, 0.2) is 0 Å². The molecule has 0 spiro atoms. The molecule has 0 aliphatic carbocycles. The van der Waals surface area contributed by atoms with E-state index in [9.17, 15) is 9.59 Å². The van der Waals surface area contributed by atoms with Crippen LogP contribution in [-0.2, 0) is 22.6 Å². The van der Waals surface area contributed by atoms with Crippen LogP contribution in [0.15, 0.2) is 6.20 Å². The van der Waals surface area contributed by atoms with Gasteiger partial charge in [-0.15, -0.1) is 0 Å². The molecule has 0 saturated carbocycles. The molecule has 1 aromatic heterocycles. The van der Waals surface area contributed by atoms with Gasteiger partial charge in [-0.3, -0.25) is 9.59 Å². The fourth-order valence-electron chi connectivity index (χ4n) is 4.28. The molecule has 4 rings (SSSR count). The number of hydrogen-bond donors (Lipinski definition) is 1. The number of carbonyl (C=O) groups is 2. The van der Waals surface area contributed by atoms with Gasteiger partial charge in [0.2, 0.25) is 11.8 Å². The predicted octanol–water partition coefficient (Wildman–Crippen LogP) is 0.839. The molecule has 0 radical (unpaired) electrons. The van der Waals surface area contributed by atoms with Crippen molar-refractivity contribution in [3.8, 4) is 0 Å². The number of piperidine rings is 1. The summed E-state index contributed by atoms with van der Waals surface area (Å²) in [5, 5.41) is 3.34. The van der Waals surface area contributed by atoms with Crippen molar-refractivity contribution in [3.63, 3.8) is 0 Å². The largest absolute Gasteiger partial charge is 0.341 e. The Bertz CT molecular complexity index is 699. The molecule has 1 atom stereocenters. The zero-order valence-electron chi connectivity index (χ0n) is 15.4. The Labute approximate surface area is 154 Å². The molecule has 0 aromatic carbocycles. The number of nitrogens with zero attached hydrogens (tertiary/aromatic N) is 4. The van der Waals surface area contributed by atoms with Crippen molar-refractivity contribution in [3.05, 3.63) is 23.3 Å². The number of rotatable bonds is 3. The van der Waals surface area contributed by atoms with Crippen LogP contribution in [0.25, 0.3) is 0 Å². The second kappa shape index (κ2) is 7.31. The highest BCUT2D eigenvalue weighted by molar-refractivity contribution is 5.88. The first kappa shape index (κ1) is 17.4. The van der Waals surface area contributed by atoms with E-state index in [2.05, 4.69) is 10.3 Å². The maximum Gasteiger partial charge on any atom is 0.245 e. The van der Waals surface area contributed by atoms with Crippen LogP contribution in [0.5, 0.6) is 0 Å². The lowest BCUT2D eigenvalue weighted by atomic mass is 9.95. The van der Waals surface area contributed by atoms with Crippen LogP contribution in [0, 0.1) is 0 Å². The monoisotopic (exact) mass is 357 g/mol. The van der Waals surface area contributed by atoms with Gasteiger partial charge in [0, 0.05) is 68.9 Å². The molecular weight excluding hydrogens is 330 g/mol. The predicted molar refractivity (Wildman–Crippen MR) is 96.4 cm³/mol. The van der Waals surface area contributed by atoms with Crippen LogP contribution in [0.1, 0.15) is 55.6 Å². The summed E-state index contributed by atoms with van der Waals surface area (Å²) >= 11 is 0. The van der Waals surface area contributed by atoms with Crippen molar-refractivity contribution < 1.29 is 9.59 Å². The van der Waals surface area contributed by atoms with E-state index in [1.165, 1.54) is 11.3 Å². The molecule has 0 unspecified atom stereocenters. The molecule has 26 heavy (non-hydrogen) atoms. The quantitative estimate of drug-likeness (QED) is 0.867. The normalized spacial score (nSPS) is 22.4. The Kier molecular flexibility index (Phi) is 4.89. The van der Waals surface area contributed by atoms with Crippen LogP contribution in [-0.4, -0.2) is 63.8 Å². The first-order valence-electron chi connectivity index (χ1n) is 9.77. The third kappa shape index (κ3) is 3.32. The van der Waals surface area contributed by atoms with Gasteiger partial charge in [0.1, 0.15) is 11.9 Å². The average Bonchev–Trinajstić information content (AvgIpc) is 3.12. The SMILES string of the molecule is C[C@@H](C(=O)N1CCC(c2ncc3c(n2)CCNC3)CC1)N1CCCC1=O. The molecule has 7 heteroatoms. The molecule has 140 valence electrons. The van der Waals surface area contributed by atoms with Gasteiger partial charge in [0.25, 0.3) is 0 Å². The lowest BCUT2D eigenvalue weighted by Crippen LogP contribution is -2.49. The summed E-state index contributed by atoms with van der Waals surface area (Å²) in [7, 11) is 0. The summed E-state index contributed by atoms with van der Waals surface area (Å²) in [6.45, 7) is 5.84. The molecule has 2 amide bonds. The first-order chi connectivity index (χ1) is 12.6. The topological polar surface area (TPSA) is 78.4 Å². The minimum Gasteiger partial charge on any atom is -0.341 e. The number of hydrogen-bond acceptors (Lipinski definition) is 5. The van der Waals surface area contributed by atoms with E-state index in [0.717, 1.165) is 57.7 Å². The molecule has 2 fully saturated rings. The third-order valence-electron chi connectivity index (χ3n) is 5.93. The molecule has 1 N–H and O–H groups in total. The van der Waals surface area contributed by atoms with E-state index < -0.39 is 0 Å². The van der Waals surface area contributed by atoms with Gasteiger partial charge in [-0.1, -0.05) is 0 Å². The van der Waals surface area contributed by atoms with E-state index in [0.29, 0.717) is 18.9 Å². The molecule has 4 heterocycles. The van der Waals surface area contributed by atoms with Gasteiger partial charge in [-0.25, -0.2) is 9.97 Å². The summed E-state index contributed by atoms with van der Waals surface area (Å²) in [6.07, 6.45) is 6.15. The lowest BCUT2D eigenvalue weighted by Gasteiger charge is -2.35. The molecule has 0 bridgehead atoms. The number of nitrogens with one attached hydrogen (secondary N) is 1. The maximum atomic E-state index is 12.8. The number of likely N-dealkylation sites (tertiary alicyclic amines) is 2. The van der Waals surface area contributed by atoms with E-state index >= 15 is 0 Å². The van der Waals surface area contributed by atoms with E-state index in [1.54, 1.807) is 4.90 Å². The van der Waals surface area contributed by atoms with Crippen molar-refractivity contribution in [1.82, 2.24) is 25.1 Å². The van der Waals surface area contributed by atoms with Gasteiger partial charge in [0.05, 0.1) is 0 Å². The Balaban J connectivity index is 1.36. The highest BCUT2D eigenvalue weighted by Gasteiger charge is 2.34. The van der Waals surface area contributed by atoms with Crippen LogP contribution in [0.3, 0.4) is 0 Å². The van der Waals surface area contributed by atoms with Crippen molar-refractivity contribution in [2.75, 3.05) is 26.2 Å². The fourth-order valence-corrected chi connectivity index (χ4v) is 4.28. The van der Waals surface area contributed by atoms with Crippen molar-refractivity contribution >= 4 is 11.8 Å². The van der Waals surface area contributed by atoms with E-state index in [4.69, 9.17) is 4.98 Å². The number of aromatic nitrogens is 2. The maximum absolute atomic E-state index is 12.8. The second-order valence-electron chi connectivity index (χ2n) is 7.59. The van der Waals surface area contributed by atoms with Crippen LogP contribution < -0.4 is 5.32 Å². The highest BCUT2D eigenvalue weighted by Crippen LogP contribution is 2.27. The minimum atomic E-state index is -0.339. The molecule has 7 nitrogen and oxygen atoms in total. The van der Waals surface area contributed by atoms with Crippen molar-refractivity contribution in [1.29, 1.82) is 0 Å². The van der Waals surface area contributed by atoms with Crippen molar-refractivity contribution in [2.45, 2.75) is 57.5 Å². The molecular formula is C19H27N5O2. The zero-order chi connectivity index (χ0) is 18.1. The highest BCUT2D eigenvalue weighted by atomic mass is 16.2. The van der Waals surface area contributed by atoms with Crippen LogP contribution in [0.2, 0.25) is 0 Å². The van der Waals surface area contributed by atoms with Crippen LogP contribution in [0.4, 0.5) is 0 Å². The van der Waals surface area contributed by atoms with Gasteiger partial charge in [-0.05, 0) is 26.2 Å². The number of fused-ring (bicyclic) bond motifs is 1. The van der Waals surface area contributed by atoms with Gasteiger partial charge < -0.3 is 15.1 Å². The Hall–Kier alpha value is -2.02. The molecule has 3 aliphatic heterocycles. The van der Waals surface area contributed by atoms with Gasteiger partial charge >= 0.3 is 0 Å². The van der Waals surface area contributed by atoms with Crippen molar-refractivity contribution in [2.24, 2.45) is 0 Å². The Morgan fingerprint density at radius 1 is 1.27 bits per heavy atom. The third-order valence-corrected chi connectivity index (χ3v) is 5.93. The lowest BCUT2D eigenvalue weighted by molar-refractivity contribution is -0.143. The van der Waals surface area contributed by atoms with E-state index in [-0.39, 0.29) is 17.9 Å². The zero-order valence-corrected chi connectivity index (χ0v) is 15.4. The summed E-state index contributed by atoms with van der Waals surface area (Å²) in [5.41, 5.74) is 2.38. The fraction of sp³-hybridized carbons (Fsp3) is 0.684. The summed E-state index contributed by atoms with van der Waals surface area (Å²) in [4.78, 5) is 37.7. The molecule has 3 aliphatic rings. The summed E-state index contributed by atoms with van der Waals surface area (Å²) in [5.74, 6) is 1.44. The van der Waals surface area contributed by atoms with Gasteiger partial charge in [-0.2, -0.15) is 0 Å². The minimum absolute atomic E-state index is 0.0798. The second-order valence-corrected chi connectivity index (χ2v) is 7.59.